The van der Waals surface area contributed by atoms with Crippen molar-refractivity contribution in [1.82, 2.24) is 25.1 Å². The van der Waals surface area contributed by atoms with Crippen LogP contribution < -0.4 is 5.32 Å². The molecule has 1 aromatic carbocycles. The van der Waals surface area contributed by atoms with Crippen LogP contribution in [0.15, 0.2) is 82.8 Å². The van der Waals surface area contributed by atoms with Crippen LogP contribution in [0.4, 0.5) is 0 Å². The van der Waals surface area contributed by atoms with E-state index in [1.54, 1.807) is 24.7 Å². The monoisotopic (exact) mass is 419 g/mol. The largest absolute Gasteiger partial charge is 0.467 e. The fourth-order valence-corrected chi connectivity index (χ4v) is 3.79. The van der Waals surface area contributed by atoms with Crippen molar-refractivity contribution in [3.63, 3.8) is 0 Å². The van der Waals surface area contributed by atoms with Crippen LogP contribution in [0.5, 0.6) is 0 Å². The molecule has 0 radical (unpaired) electrons. The van der Waals surface area contributed by atoms with Crippen molar-refractivity contribution < 1.29 is 9.21 Å². The predicted molar refractivity (Wildman–Crippen MR) is 115 cm³/mol. The number of nitrogens with one attached hydrogen (secondary N) is 1. The molecular formula is C22H21N5O2S. The number of pyridine rings is 1. The van der Waals surface area contributed by atoms with E-state index in [9.17, 15) is 4.79 Å². The summed E-state index contributed by atoms with van der Waals surface area (Å²) >= 11 is 1.36. The van der Waals surface area contributed by atoms with E-state index in [0.717, 1.165) is 22.7 Å². The second kappa shape index (κ2) is 9.41. The molecule has 30 heavy (non-hydrogen) atoms. The molecule has 4 aromatic rings. The molecule has 0 aliphatic rings. The van der Waals surface area contributed by atoms with E-state index in [2.05, 4.69) is 32.6 Å². The Hall–Kier alpha value is -3.39. The molecule has 8 heteroatoms. The number of amides is 1. The number of hydrogen-bond acceptors (Lipinski definition) is 6. The first-order valence-corrected chi connectivity index (χ1v) is 10.5. The molecule has 0 spiro atoms. The van der Waals surface area contributed by atoms with E-state index in [4.69, 9.17) is 4.42 Å². The van der Waals surface area contributed by atoms with Crippen molar-refractivity contribution in [3.8, 4) is 11.4 Å². The lowest BCUT2D eigenvalue weighted by molar-refractivity contribution is -0.119. The van der Waals surface area contributed by atoms with Gasteiger partial charge in [0, 0.05) is 18.0 Å². The van der Waals surface area contributed by atoms with E-state index in [1.807, 2.05) is 47.9 Å². The molecule has 0 saturated heterocycles. The summed E-state index contributed by atoms with van der Waals surface area (Å²) in [6.07, 6.45) is 5.06. The molecule has 0 aliphatic carbocycles. The average Bonchev–Trinajstić information content (AvgIpc) is 3.44. The van der Waals surface area contributed by atoms with Gasteiger partial charge in [0.05, 0.1) is 24.6 Å². The molecule has 4 rings (SSSR count). The van der Waals surface area contributed by atoms with Crippen LogP contribution in [0.2, 0.25) is 0 Å². The third-order valence-electron chi connectivity index (χ3n) is 4.52. The lowest BCUT2D eigenvalue weighted by Crippen LogP contribution is -2.28. The fourth-order valence-electron chi connectivity index (χ4n) is 3.04. The van der Waals surface area contributed by atoms with Crippen LogP contribution in [-0.2, 0) is 11.3 Å². The Morgan fingerprint density at radius 3 is 2.63 bits per heavy atom. The normalized spacial score (nSPS) is 11.9. The summed E-state index contributed by atoms with van der Waals surface area (Å²) in [4.78, 5) is 16.5. The number of nitrogens with zero attached hydrogens (tertiary/aromatic N) is 4. The number of carbonyl (C=O) groups is 1. The second-order valence-corrected chi connectivity index (χ2v) is 7.65. The maximum atomic E-state index is 12.4. The van der Waals surface area contributed by atoms with Gasteiger partial charge in [0.2, 0.25) is 5.91 Å². The Labute approximate surface area is 178 Å². The summed E-state index contributed by atoms with van der Waals surface area (Å²) in [5.74, 6) is 1.60. The third-order valence-corrected chi connectivity index (χ3v) is 5.49. The minimum Gasteiger partial charge on any atom is -0.467 e. The summed E-state index contributed by atoms with van der Waals surface area (Å²) in [7, 11) is 0. The van der Waals surface area contributed by atoms with Gasteiger partial charge in [-0.15, -0.1) is 10.2 Å². The Kier molecular flexibility index (Phi) is 6.24. The van der Waals surface area contributed by atoms with Crippen molar-refractivity contribution in [2.24, 2.45) is 0 Å². The van der Waals surface area contributed by atoms with Gasteiger partial charge in [0.1, 0.15) is 5.76 Å². The zero-order valence-corrected chi connectivity index (χ0v) is 17.2. The minimum atomic E-state index is -0.192. The van der Waals surface area contributed by atoms with Crippen LogP contribution in [0, 0.1) is 0 Å². The van der Waals surface area contributed by atoms with Gasteiger partial charge in [-0.2, -0.15) is 0 Å². The van der Waals surface area contributed by atoms with Crippen molar-refractivity contribution in [3.05, 3.63) is 84.6 Å². The van der Waals surface area contributed by atoms with Crippen molar-refractivity contribution >= 4 is 17.7 Å². The summed E-state index contributed by atoms with van der Waals surface area (Å²) in [6, 6.07) is 17.4. The van der Waals surface area contributed by atoms with Gasteiger partial charge in [0.25, 0.3) is 0 Å². The molecule has 3 heterocycles. The molecule has 0 aliphatic heterocycles. The molecule has 0 fully saturated rings. The molecule has 7 nitrogen and oxygen atoms in total. The van der Waals surface area contributed by atoms with Crippen LogP contribution in [0.25, 0.3) is 11.4 Å². The van der Waals surface area contributed by atoms with Gasteiger partial charge in [-0.05, 0) is 36.8 Å². The van der Waals surface area contributed by atoms with E-state index >= 15 is 0 Å². The number of furan rings is 1. The number of hydrogen-bond donors (Lipinski definition) is 1. The Bertz CT molecular complexity index is 1080. The van der Waals surface area contributed by atoms with E-state index in [1.165, 1.54) is 11.8 Å². The van der Waals surface area contributed by atoms with Gasteiger partial charge in [-0.1, -0.05) is 42.1 Å². The summed E-state index contributed by atoms with van der Waals surface area (Å²) in [5.41, 5.74) is 2.06. The number of rotatable bonds is 8. The average molecular weight is 420 g/mol. The maximum Gasteiger partial charge on any atom is 0.231 e. The lowest BCUT2D eigenvalue weighted by Gasteiger charge is -2.12. The topological polar surface area (TPSA) is 85.8 Å². The van der Waals surface area contributed by atoms with E-state index < -0.39 is 0 Å². The standard InChI is InChI=1S/C22H21N5O2S/c1-16(19-8-5-13-29-19)24-20(28)15-30-22-26-25-21(18-9-11-23-12-10-18)27(22)14-17-6-3-2-4-7-17/h2-13,16H,14-15H2,1H3,(H,24,28)/t16-/m0/s1. The third kappa shape index (κ3) is 4.77. The number of thioether (sulfide) groups is 1. The molecule has 152 valence electrons. The molecule has 1 N–H and O–H groups in total. The van der Waals surface area contributed by atoms with Crippen LogP contribution >= 0.6 is 11.8 Å². The van der Waals surface area contributed by atoms with Gasteiger partial charge >= 0.3 is 0 Å². The van der Waals surface area contributed by atoms with E-state index in [0.29, 0.717) is 11.7 Å². The van der Waals surface area contributed by atoms with Crippen LogP contribution in [-0.4, -0.2) is 31.4 Å². The predicted octanol–water partition coefficient (Wildman–Crippen LogP) is 3.95. The first kappa shape index (κ1) is 19.9. The second-order valence-electron chi connectivity index (χ2n) is 6.71. The first-order chi connectivity index (χ1) is 14.7. The van der Waals surface area contributed by atoms with Crippen molar-refractivity contribution in [2.75, 3.05) is 5.75 Å². The van der Waals surface area contributed by atoms with Gasteiger partial charge in [-0.3, -0.25) is 14.3 Å². The molecule has 0 unspecified atom stereocenters. The first-order valence-electron chi connectivity index (χ1n) is 9.54. The number of aromatic nitrogens is 4. The quantitative estimate of drug-likeness (QED) is 0.435. The molecule has 0 saturated carbocycles. The minimum absolute atomic E-state index is 0.0939. The highest BCUT2D eigenvalue weighted by atomic mass is 32.2. The van der Waals surface area contributed by atoms with E-state index in [-0.39, 0.29) is 17.7 Å². The highest BCUT2D eigenvalue weighted by Gasteiger charge is 2.17. The summed E-state index contributed by atoms with van der Waals surface area (Å²) in [5, 5.41) is 12.4. The Morgan fingerprint density at radius 1 is 1.10 bits per heavy atom. The molecule has 0 bridgehead atoms. The smallest absolute Gasteiger partial charge is 0.231 e. The highest BCUT2D eigenvalue weighted by Crippen LogP contribution is 2.25. The number of carbonyl (C=O) groups excluding carboxylic acids is 1. The summed E-state index contributed by atoms with van der Waals surface area (Å²) in [6.45, 7) is 2.50. The number of benzene rings is 1. The van der Waals surface area contributed by atoms with Crippen LogP contribution in [0.3, 0.4) is 0 Å². The lowest BCUT2D eigenvalue weighted by atomic mass is 10.2. The zero-order chi connectivity index (χ0) is 20.8. The van der Waals surface area contributed by atoms with Gasteiger partial charge in [0.15, 0.2) is 11.0 Å². The zero-order valence-electron chi connectivity index (χ0n) is 16.4. The Morgan fingerprint density at radius 2 is 1.90 bits per heavy atom. The SMILES string of the molecule is C[C@H](NC(=O)CSc1nnc(-c2ccncc2)n1Cc1ccccc1)c1ccco1. The Balaban J connectivity index is 1.51. The highest BCUT2D eigenvalue weighted by molar-refractivity contribution is 7.99. The fraction of sp³-hybridized carbons (Fsp3) is 0.182. The maximum absolute atomic E-state index is 12.4. The van der Waals surface area contributed by atoms with Gasteiger partial charge in [-0.25, -0.2) is 0 Å². The van der Waals surface area contributed by atoms with Crippen LogP contribution in [0.1, 0.15) is 24.3 Å². The molecule has 1 amide bonds. The van der Waals surface area contributed by atoms with Crippen molar-refractivity contribution in [1.29, 1.82) is 0 Å². The molecular weight excluding hydrogens is 398 g/mol. The molecule has 1 atom stereocenters. The summed E-state index contributed by atoms with van der Waals surface area (Å²) < 4.78 is 7.37. The van der Waals surface area contributed by atoms with Gasteiger partial charge < -0.3 is 9.73 Å². The molecule has 3 aromatic heterocycles. The van der Waals surface area contributed by atoms with Crippen molar-refractivity contribution in [2.45, 2.75) is 24.7 Å².